The van der Waals surface area contributed by atoms with E-state index in [-0.39, 0.29) is 16.9 Å². The number of aryl methyl sites for hydroxylation is 1. The highest BCUT2D eigenvalue weighted by Crippen LogP contribution is 2.48. The average molecular weight is 255 g/mol. The van der Waals surface area contributed by atoms with Gasteiger partial charge in [-0.2, -0.15) is 0 Å². The van der Waals surface area contributed by atoms with Gasteiger partial charge in [0.1, 0.15) is 10.7 Å². The Hall–Kier alpha value is -1.43. The molecule has 2 rings (SSSR count). The summed E-state index contributed by atoms with van der Waals surface area (Å²) in [6, 6.07) is 4.88. The fourth-order valence-corrected chi connectivity index (χ4v) is 3.12. The minimum atomic E-state index is -2.41. The SMILES string of the molecule is Cc1cc(C2(C[SH](=O)=O)CC2)ccc1[N+](=O)[O-]. The van der Waals surface area contributed by atoms with Gasteiger partial charge in [0.05, 0.1) is 10.7 Å². The Morgan fingerprint density at radius 2 is 2.06 bits per heavy atom. The third-order valence-corrected chi connectivity index (χ3v) is 4.15. The fraction of sp³-hybridized carbons (Fsp3) is 0.455. The average Bonchev–Trinajstić information content (AvgIpc) is 2.97. The molecule has 0 bridgehead atoms. The molecule has 0 unspecified atom stereocenters. The molecule has 0 saturated heterocycles. The second kappa shape index (κ2) is 4.10. The minimum absolute atomic E-state index is 0.0797. The van der Waals surface area contributed by atoms with Gasteiger partial charge in [-0.25, -0.2) is 8.42 Å². The summed E-state index contributed by atoms with van der Waals surface area (Å²) in [5.74, 6) is 0.138. The molecule has 0 spiro atoms. The maximum Gasteiger partial charge on any atom is 0.272 e. The number of nitro groups is 1. The first kappa shape index (κ1) is 12.0. The summed E-state index contributed by atoms with van der Waals surface area (Å²) in [6.07, 6.45) is 1.68. The quantitative estimate of drug-likeness (QED) is 0.503. The summed E-state index contributed by atoms with van der Waals surface area (Å²) < 4.78 is 21.6. The molecule has 1 saturated carbocycles. The smallest absolute Gasteiger partial charge is 0.258 e. The van der Waals surface area contributed by atoms with Gasteiger partial charge in [0, 0.05) is 17.0 Å². The van der Waals surface area contributed by atoms with E-state index in [0.29, 0.717) is 5.56 Å². The molecular formula is C11H13NO4S. The summed E-state index contributed by atoms with van der Waals surface area (Å²) in [7, 11) is -2.41. The van der Waals surface area contributed by atoms with Gasteiger partial charge in [0.15, 0.2) is 0 Å². The molecule has 6 heteroatoms. The van der Waals surface area contributed by atoms with Gasteiger partial charge in [-0.3, -0.25) is 10.1 Å². The minimum Gasteiger partial charge on any atom is -0.258 e. The summed E-state index contributed by atoms with van der Waals surface area (Å²) in [5.41, 5.74) is 1.28. The van der Waals surface area contributed by atoms with E-state index in [2.05, 4.69) is 0 Å². The lowest BCUT2D eigenvalue weighted by Gasteiger charge is -2.12. The van der Waals surface area contributed by atoms with Crippen molar-refractivity contribution in [2.45, 2.75) is 25.2 Å². The topological polar surface area (TPSA) is 77.3 Å². The van der Waals surface area contributed by atoms with Crippen LogP contribution in [-0.4, -0.2) is 19.1 Å². The lowest BCUT2D eigenvalue weighted by molar-refractivity contribution is -0.385. The normalized spacial score (nSPS) is 17.1. The summed E-state index contributed by atoms with van der Waals surface area (Å²) in [4.78, 5) is 10.3. The summed E-state index contributed by atoms with van der Waals surface area (Å²) in [5, 5.41) is 10.7. The molecule has 0 aromatic heterocycles. The van der Waals surface area contributed by atoms with E-state index in [1.165, 1.54) is 6.07 Å². The fourth-order valence-electron chi connectivity index (χ4n) is 2.13. The van der Waals surface area contributed by atoms with Crippen LogP contribution in [0.2, 0.25) is 0 Å². The van der Waals surface area contributed by atoms with E-state index in [4.69, 9.17) is 0 Å². The Labute approximate surface area is 101 Å². The number of hydrogen-bond donors (Lipinski definition) is 1. The number of nitro benzene ring substituents is 1. The van der Waals surface area contributed by atoms with Crippen molar-refractivity contribution < 1.29 is 13.3 Å². The molecule has 1 aliphatic carbocycles. The predicted octanol–water partition coefficient (Wildman–Crippen LogP) is 1.55. The van der Waals surface area contributed by atoms with Crippen molar-refractivity contribution in [3.05, 3.63) is 39.4 Å². The molecule has 1 aromatic rings. The number of thiol groups is 1. The van der Waals surface area contributed by atoms with E-state index in [0.717, 1.165) is 18.4 Å². The van der Waals surface area contributed by atoms with Crippen LogP contribution >= 0.6 is 0 Å². The monoisotopic (exact) mass is 255 g/mol. The first-order chi connectivity index (χ1) is 7.94. The van der Waals surface area contributed by atoms with Gasteiger partial charge in [0.25, 0.3) is 5.69 Å². The third kappa shape index (κ3) is 2.31. The van der Waals surface area contributed by atoms with Crippen molar-refractivity contribution in [3.63, 3.8) is 0 Å². The van der Waals surface area contributed by atoms with Crippen LogP contribution in [0.25, 0.3) is 0 Å². The van der Waals surface area contributed by atoms with Crippen molar-refractivity contribution in [3.8, 4) is 0 Å². The van der Waals surface area contributed by atoms with Gasteiger partial charge in [-0.1, -0.05) is 6.07 Å². The van der Waals surface area contributed by atoms with Crippen LogP contribution in [-0.2, 0) is 16.1 Å². The van der Waals surface area contributed by atoms with Gasteiger partial charge < -0.3 is 0 Å². The predicted molar refractivity (Wildman–Crippen MR) is 63.9 cm³/mol. The second-order valence-corrected chi connectivity index (χ2v) is 5.51. The lowest BCUT2D eigenvalue weighted by atomic mass is 9.96. The highest BCUT2D eigenvalue weighted by Gasteiger charge is 2.45. The van der Waals surface area contributed by atoms with Crippen molar-refractivity contribution in [2.24, 2.45) is 0 Å². The molecular weight excluding hydrogens is 242 g/mol. The summed E-state index contributed by atoms with van der Waals surface area (Å²) in [6.45, 7) is 1.68. The molecule has 0 aliphatic heterocycles. The van der Waals surface area contributed by atoms with Crippen LogP contribution in [0.5, 0.6) is 0 Å². The van der Waals surface area contributed by atoms with E-state index < -0.39 is 15.6 Å². The Morgan fingerprint density at radius 1 is 1.41 bits per heavy atom. The van der Waals surface area contributed by atoms with E-state index in [1.54, 1.807) is 19.1 Å². The van der Waals surface area contributed by atoms with Crippen molar-refractivity contribution in [2.75, 3.05) is 5.75 Å². The van der Waals surface area contributed by atoms with Gasteiger partial charge in [-0.15, -0.1) is 0 Å². The van der Waals surface area contributed by atoms with E-state index in [1.807, 2.05) is 0 Å². The number of rotatable bonds is 4. The molecule has 5 nitrogen and oxygen atoms in total. The molecule has 1 aliphatic rings. The zero-order chi connectivity index (χ0) is 12.6. The second-order valence-electron chi connectivity index (χ2n) is 4.53. The lowest BCUT2D eigenvalue weighted by Crippen LogP contribution is -2.14. The highest BCUT2D eigenvalue weighted by molar-refractivity contribution is 7.72. The molecule has 1 aromatic carbocycles. The molecule has 1 fully saturated rings. The maximum absolute atomic E-state index is 10.8. The number of benzene rings is 1. The Kier molecular flexibility index (Phi) is 2.91. The van der Waals surface area contributed by atoms with Crippen LogP contribution in [0.15, 0.2) is 18.2 Å². The van der Waals surface area contributed by atoms with Crippen LogP contribution < -0.4 is 0 Å². The zero-order valence-electron chi connectivity index (χ0n) is 9.38. The molecule has 92 valence electrons. The standard InChI is InChI=1S/C11H13NO4S/c1-8-6-9(2-3-10(8)12(13)14)11(4-5-11)7-17(15)16/h2-3,6,17H,4-5,7H2,1H3. The van der Waals surface area contributed by atoms with Crippen LogP contribution in [0.4, 0.5) is 5.69 Å². The summed E-state index contributed by atoms with van der Waals surface area (Å²) >= 11 is 0. The van der Waals surface area contributed by atoms with Crippen LogP contribution in [0, 0.1) is 17.0 Å². The van der Waals surface area contributed by atoms with Crippen LogP contribution in [0.3, 0.4) is 0 Å². The first-order valence-corrected chi connectivity index (χ1v) is 6.68. The highest BCUT2D eigenvalue weighted by atomic mass is 32.2. The van der Waals surface area contributed by atoms with Gasteiger partial charge >= 0.3 is 0 Å². The maximum atomic E-state index is 10.8. The molecule has 17 heavy (non-hydrogen) atoms. The molecule has 0 radical (unpaired) electrons. The third-order valence-electron chi connectivity index (χ3n) is 3.29. The zero-order valence-corrected chi connectivity index (χ0v) is 10.3. The van der Waals surface area contributed by atoms with E-state index >= 15 is 0 Å². The molecule has 0 atom stereocenters. The van der Waals surface area contributed by atoms with Crippen molar-refractivity contribution in [1.29, 1.82) is 0 Å². The Bertz CT molecular complexity index is 538. The largest absolute Gasteiger partial charge is 0.272 e. The van der Waals surface area contributed by atoms with Gasteiger partial charge in [-0.05, 0) is 31.4 Å². The molecule has 0 amide bonds. The van der Waals surface area contributed by atoms with Crippen molar-refractivity contribution >= 4 is 16.4 Å². The van der Waals surface area contributed by atoms with E-state index in [9.17, 15) is 18.5 Å². The number of nitrogens with zero attached hydrogens (tertiary/aromatic N) is 1. The molecule has 0 N–H and O–H groups in total. The molecule has 0 heterocycles. The Balaban J connectivity index is 2.35. The Morgan fingerprint density at radius 3 is 2.47 bits per heavy atom. The van der Waals surface area contributed by atoms with Crippen molar-refractivity contribution in [1.82, 2.24) is 0 Å². The number of hydrogen-bond acceptors (Lipinski definition) is 4. The van der Waals surface area contributed by atoms with Gasteiger partial charge in [0.2, 0.25) is 0 Å². The first-order valence-electron chi connectivity index (χ1n) is 5.32. The van der Waals surface area contributed by atoms with Crippen LogP contribution in [0.1, 0.15) is 24.0 Å².